The summed E-state index contributed by atoms with van der Waals surface area (Å²) >= 11 is 0. The van der Waals surface area contributed by atoms with Gasteiger partial charge in [-0.05, 0) is 30.7 Å². The lowest BCUT2D eigenvalue weighted by molar-refractivity contribution is 0.0978. The number of fused-ring (bicyclic) bond motifs is 1. The molecule has 2 N–H and O–H groups in total. The maximum atomic E-state index is 12.9. The molecule has 0 radical (unpaired) electrons. The highest BCUT2D eigenvalue weighted by molar-refractivity contribution is 5.95. The molecule has 8 heteroatoms. The van der Waals surface area contributed by atoms with Gasteiger partial charge in [0.25, 0.3) is 0 Å². The van der Waals surface area contributed by atoms with Crippen LogP contribution in [0.1, 0.15) is 23.2 Å². The van der Waals surface area contributed by atoms with E-state index in [-0.39, 0.29) is 17.4 Å². The molecule has 0 aliphatic heterocycles. The molecule has 2 heterocycles. The Labute approximate surface area is 136 Å². The summed E-state index contributed by atoms with van der Waals surface area (Å²) < 4.78 is 15.9. The van der Waals surface area contributed by atoms with Gasteiger partial charge in [-0.2, -0.15) is 4.98 Å². The van der Waals surface area contributed by atoms with Crippen LogP contribution in [0.3, 0.4) is 0 Å². The minimum Gasteiger partial charge on any atom is -0.383 e. The van der Waals surface area contributed by atoms with Gasteiger partial charge in [-0.1, -0.05) is 0 Å². The van der Waals surface area contributed by atoms with Crippen molar-refractivity contribution in [2.45, 2.75) is 19.4 Å². The molecule has 0 aliphatic rings. The van der Waals surface area contributed by atoms with Crippen LogP contribution in [0.25, 0.3) is 11.2 Å². The first-order valence-corrected chi connectivity index (χ1v) is 7.43. The lowest BCUT2D eigenvalue weighted by atomic mass is 10.1. The third-order valence-corrected chi connectivity index (χ3v) is 3.88. The Morgan fingerprint density at radius 1 is 1.29 bits per heavy atom. The number of nitrogen functional groups attached to an aromatic ring is 1. The minimum atomic E-state index is -0.461. The van der Waals surface area contributed by atoms with E-state index in [9.17, 15) is 14.0 Å². The van der Waals surface area contributed by atoms with Crippen LogP contribution in [0.2, 0.25) is 0 Å². The highest BCUT2D eigenvalue weighted by Gasteiger charge is 2.12. The average molecular weight is 329 g/mol. The van der Waals surface area contributed by atoms with E-state index in [0.29, 0.717) is 36.1 Å². The van der Waals surface area contributed by atoms with Crippen molar-refractivity contribution in [2.24, 2.45) is 7.05 Å². The Kier molecular flexibility index (Phi) is 4.11. The van der Waals surface area contributed by atoms with Crippen LogP contribution in [-0.2, 0) is 13.6 Å². The van der Waals surface area contributed by atoms with Crippen molar-refractivity contribution in [3.63, 3.8) is 0 Å². The van der Waals surface area contributed by atoms with Gasteiger partial charge in [0.2, 0.25) is 0 Å². The van der Waals surface area contributed by atoms with Crippen LogP contribution >= 0.6 is 0 Å². The number of halogens is 1. The molecule has 124 valence electrons. The predicted molar refractivity (Wildman–Crippen MR) is 87.1 cm³/mol. The van der Waals surface area contributed by atoms with Gasteiger partial charge < -0.3 is 10.3 Å². The third kappa shape index (κ3) is 2.90. The number of nitrogens with zero attached hydrogens (tertiary/aromatic N) is 4. The quantitative estimate of drug-likeness (QED) is 0.716. The Morgan fingerprint density at radius 3 is 2.71 bits per heavy atom. The number of benzene rings is 1. The van der Waals surface area contributed by atoms with Gasteiger partial charge in [0.15, 0.2) is 11.4 Å². The fourth-order valence-electron chi connectivity index (χ4n) is 2.50. The normalized spacial score (nSPS) is 11.1. The SMILES string of the molecule is Cn1c(N)c2c(ncn2CCCC(=O)c2ccc(F)cc2)nc1=O. The molecule has 0 fully saturated rings. The molecule has 7 nitrogen and oxygen atoms in total. The minimum absolute atomic E-state index is 0.0575. The summed E-state index contributed by atoms with van der Waals surface area (Å²) in [6.45, 7) is 0.507. The van der Waals surface area contributed by atoms with Crippen molar-refractivity contribution in [3.05, 3.63) is 52.5 Å². The van der Waals surface area contributed by atoms with Gasteiger partial charge in [0, 0.05) is 25.6 Å². The van der Waals surface area contributed by atoms with Crippen molar-refractivity contribution >= 4 is 22.8 Å². The molecule has 0 saturated carbocycles. The molecule has 0 bridgehead atoms. The Bertz CT molecular complexity index is 959. The van der Waals surface area contributed by atoms with Crippen LogP contribution in [0.15, 0.2) is 35.4 Å². The van der Waals surface area contributed by atoms with E-state index in [0.717, 1.165) is 0 Å². The lowest BCUT2D eigenvalue weighted by Gasteiger charge is -2.08. The van der Waals surface area contributed by atoms with Gasteiger partial charge in [-0.3, -0.25) is 9.36 Å². The number of anilines is 1. The number of imidazole rings is 1. The van der Waals surface area contributed by atoms with Crippen molar-refractivity contribution in [1.82, 2.24) is 19.1 Å². The number of carbonyl (C=O) groups excluding carboxylic acids is 1. The maximum Gasteiger partial charge on any atom is 0.351 e. The van der Waals surface area contributed by atoms with Crippen molar-refractivity contribution < 1.29 is 9.18 Å². The largest absolute Gasteiger partial charge is 0.383 e. The summed E-state index contributed by atoms with van der Waals surface area (Å²) in [5.74, 6) is -0.143. The van der Waals surface area contributed by atoms with Gasteiger partial charge in [-0.25, -0.2) is 14.2 Å². The number of rotatable bonds is 5. The van der Waals surface area contributed by atoms with E-state index in [1.807, 2.05) is 0 Å². The molecular formula is C16H16FN5O2. The first-order valence-electron chi connectivity index (χ1n) is 7.43. The summed E-state index contributed by atoms with van der Waals surface area (Å²) in [5.41, 5.74) is 6.85. The van der Waals surface area contributed by atoms with Gasteiger partial charge in [0.1, 0.15) is 17.2 Å². The third-order valence-electron chi connectivity index (χ3n) is 3.88. The first kappa shape index (κ1) is 15.9. The predicted octanol–water partition coefficient (Wildman–Crippen LogP) is 1.51. The van der Waals surface area contributed by atoms with Crippen LogP contribution in [0, 0.1) is 5.82 Å². The van der Waals surface area contributed by atoms with E-state index in [4.69, 9.17) is 5.73 Å². The van der Waals surface area contributed by atoms with E-state index in [1.165, 1.54) is 28.8 Å². The summed E-state index contributed by atoms with van der Waals surface area (Å²) in [7, 11) is 1.54. The lowest BCUT2D eigenvalue weighted by Crippen LogP contribution is -2.23. The van der Waals surface area contributed by atoms with E-state index < -0.39 is 5.69 Å². The molecule has 0 unspecified atom stereocenters. The van der Waals surface area contributed by atoms with Gasteiger partial charge >= 0.3 is 5.69 Å². The highest BCUT2D eigenvalue weighted by atomic mass is 19.1. The molecule has 3 aromatic rings. The molecule has 0 aliphatic carbocycles. The van der Waals surface area contributed by atoms with Crippen molar-refractivity contribution in [3.8, 4) is 0 Å². The summed E-state index contributed by atoms with van der Waals surface area (Å²) in [6.07, 6.45) is 2.42. The topological polar surface area (TPSA) is 95.8 Å². The molecule has 1 aromatic carbocycles. The van der Waals surface area contributed by atoms with Crippen LogP contribution in [0.4, 0.5) is 10.2 Å². The molecule has 0 spiro atoms. The van der Waals surface area contributed by atoms with Gasteiger partial charge in [0.05, 0.1) is 6.33 Å². The van der Waals surface area contributed by atoms with Gasteiger partial charge in [-0.15, -0.1) is 0 Å². The first-order chi connectivity index (χ1) is 11.5. The molecule has 24 heavy (non-hydrogen) atoms. The zero-order valence-corrected chi connectivity index (χ0v) is 13.1. The number of carbonyl (C=O) groups is 1. The molecule has 0 amide bonds. The molecule has 2 aromatic heterocycles. The molecule has 0 saturated heterocycles. The number of Topliss-reactive ketones (excluding diaryl/α,β-unsaturated/α-hetero) is 1. The van der Waals surface area contributed by atoms with E-state index >= 15 is 0 Å². The second kappa shape index (κ2) is 6.23. The molecular weight excluding hydrogens is 313 g/mol. The number of hydrogen-bond donors (Lipinski definition) is 1. The summed E-state index contributed by atoms with van der Waals surface area (Å²) in [4.78, 5) is 31.6. The van der Waals surface area contributed by atoms with Crippen molar-refractivity contribution in [2.75, 3.05) is 5.73 Å². The fraction of sp³-hybridized carbons (Fsp3) is 0.250. The monoisotopic (exact) mass is 329 g/mol. The Morgan fingerprint density at radius 2 is 2.00 bits per heavy atom. The second-order valence-electron chi connectivity index (χ2n) is 5.48. The second-order valence-corrected chi connectivity index (χ2v) is 5.48. The number of aryl methyl sites for hydroxylation is 1. The zero-order chi connectivity index (χ0) is 17.3. The summed E-state index contributed by atoms with van der Waals surface area (Å²) in [5, 5.41) is 0. The number of hydrogen-bond acceptors (Lipinski definition) is 5. The fourth-order valence-corrected chi connectivity index (χ4v) is 2.50. The maximum absolute atomic E-state index is 12.9. The smallest absolute Gasteiger partial charge is 0.351 e. The zero-order valence-electron chi connectivity index (χ0n) is 13.1. The Balaban J connectivity index is 1.72. The van der Waals surface area contributed by atoms with Crippen LogP contribution in [0.5, 0.6) is 0 Å². The molecule has 0 atom stereocenters. The summed E-state index contributed by atoms with van der Waals surface area (Å²) in [6, 6.07) is 5.48. The van der Waals surface area contributed by atoms with Crippen LogP contribution in [-0.4, -0.2) is 24.9 Å². The number of nitrogens with two attached hydrogens (primary N) is 1. The number of ketones is 1. The van der Waals surface area contributed by atoms with Crippen LogP contribution < -0.4 is 11.4 Å². The highest BCUT2D eigenvalue weighted by Crippen LogP contribution is 2.17. The standard InChI is InChI=1S/C16H16FN5O2/c1-21-14(18)13-15(20-16(21)24)19-9-22(13)8-2-3-12(23)10-4-6-11(17)7-5-10/h4-7,9H,2-3,8,18H2,1H3. The number of aromatic nitrogens is 4. The molecule has 3 rings (SSSR count). The van der Waals surface area contributed by atoms with Crippen molar-refractivity contribution in [1.29, 1.82) is 0 Å². The van der Waals surface area contributed by atoms with E-state index in [1.54, 1.807) is 17.9 Å². The Hall–Kier alpha value is -3.03. The van der Waals surface area contributed by atoms with E-state index in [2.05, 4.69) is 9.97 Å². The average Bonchev–Trinajstić information content (AvgIpc) is 2.96.